The molecule has 0 bridgehead atoms. The van der Waals surface area contributed by atoms with Crippen molar-refractivity contribution in [1.82, 2.24) is 0 Å². The van der Waals surface area contributed by atoms with Crippen LogP contribution in [0.3, 0.4) is 0 Å². The van der Waals surface area contributed by atoms with Crippen molar-refractivity contribution < 1.29 is 18.1 Å². The molecule has 6 heteroatoms. The van der Waals surface area contributed by atoms with E-state index in [0.29, 0.717) is 16.9 Å². The highest BCUT2D eigenvalue weighted by molar-refractivity contribution is 7.48. The first kappa shape index (κ1) is 12.7. The Morgan fingerprint density at radius 2 is 1.94 bits per heavy atom. The highest BCUT2D eigenvalue weighted by atomic mass is 31.2. The lowest BCUT2D eigenvalue weighted by atomic mass is 10.1. The highest BCUT2D eigenvalue weighted by Crippen LogP contribution is 2.48. The Morgan fingerprint density at radius 3 is 2.38 bits per heavy atom. The van der Waals surface area contributed by atoms with Gasteiger partial charge < -0.3 is 4.52 Å². The molecule has 0 spiro atoms. The molecule has 1 rings (SSSR count). The molecule has 0 heterocycles. The van der Waals surface area contributed by atoms with Crippen LogP contribution in [0.2, 0.25) is 0 Å². The van der Waals surface area contributed by atoms with Crippen molar-refractivity contribution >= 4 is 7.82 Å². The van der Waals surface area contributed by atoms with Crippen molar-refractivity contribution in [3.05, 3.63) is 29.3 Å². The number of phosphoric acid groups is 1. The lowest BCUT2D eigenvalue weighted by molar-refractivity contribution is 0.210. The van der Waals surface area contributed by atoms with Gasteiger partial charge in [0.2, 0.25) is 0 Å². The summed E-state index contributed by atoms with van der Waals surface area (Å²) in [6.07, 6.45) is 0. The second kappa shape index (κ2) is 5.13. The predicted molar refractivity (Wildman–Crippen MR) is 58.1 cm³/mol. The number of nitrogens with zero attached hydrogens (tertiary/aromatic N) is 1. The van der Waals surface area contributed by atoms with Crippen LogP contribution in [-0.2, 0) is 13.6 Å². The summed E-state index contributed by atoms with van der Waals surface area (Å²) in [5, 5.41) is 8.68. The zero-order chi connectivity index (χ0) is 12.2. The maximum atomic E-state index is 11.7. The molecule has 0 radical (unpaired) electrons. The predicted octanol–water partition coefficient (Wildman–Crippen LogP) is 2.65. The van der Waals surface area contributed by atoms with E-state index < -0.39 is 7.82 Å². The SMILES string of the molecule is COP(=O)(OC)Oc1ccc(C#N)cc1C. The monoisotopic (exact) mass is 241 g/mol. The largest absolute Gasteiger partial charge is 0.529 e. The van der Waals surface area contributed by atoms with E-state index in [2.05, 4.69) is 9.05 Å². The minimum atomic E-state index is -3.54. The van der Waals surface area contributed by atoms with Crippen LogP contribution in [0.15, 0.2) is 18.2 Å². The number of benzene rings is 1. The van der Waals surface area contributed by atoms with Gasteiger partial charge in [0.25, 0.3) is 0 Å². The fourth-order valence-corrected chi connectivity index (χ4v) is 1.83. The quantitative estimate of drug-likeness (QED) is 0.758. The van der Waals surface area contributed by atoms with Gasteiger partial charge >= 0.3 is 7.82 Å². The Bertz CT molecular complexity index is 458. The van der Waals surface area contributed by atoms with Gasteiger partial charge in [0.1, 0.15) is 5.75 Å². The summed E-state index contributed by atoms with van der Waals surface area (Å²) in [6, 6.07) is 6.75. The number of nitriles is 1. The zero-order valence-corrected chi connectivity index (χ0v) is 10.2. The molecule has 0 amide bonds. The maximum Gasteiger partial charge on any atom is 0.529 e. The third-order valence-corrected chi connectivity index (χ3v) is 3.28. The van der Waals surface area contributed by atoms with E-state index >= 15 is 0 Å². The summed E-state index contributed by atoms with van der Waals surface area (Å²) in [4.78, 5) is 0. The maximum absolute atomic E-state index is 11.7. The van der Waals surface area contributed by atoms with E-state index in [4.69, 9.17) is 9.79 Å². The Hall–Kier alpha value is -1.34. The highest BCUT2D eigenvalue weighted by Gasteiger charge is 2.25. The topological polar surface area (TPSA) is 68.6 Å². The third-order valence-electron chi connectivity index (χ3n) is 1.96. The van der Waals surface area contributed by atoms with E-state index in [1.807, 2.05) is 6.07 Å². The summed E-state index contributed by atoms with van der Waals surface area (Å²) in [5.41, 5.74) is 1.20. The molecule has 0 aliphatic carbocycles. The van der Waals surface area contributed by atoms with E-state index in [0.717, 1.165) is 0 Å². The average Bonchev–Trinajstić information content (AvgIpc) is 2.31. The first-order valence-electron chi connectivity index (χ1n) is 4.46. The molecule has 1 aromatic carbocycles. The number of hydrogen-bond donors (Lipinski definition) is 0. The Balaban J connectivity index is 2.99. The van der Waals surface area contributed by atoms with Gasteiger partial charge in [-0.25, -0.2) is 4.57 Å². The van der Waals surface area contributed by atoms with Gasteiger partial charge in [-0.05, 0) is 30.7 Å². The first-order valence-corrected chi connectivity index (χ1v) is 5.92. The van der Waals surface area contributed by atoms with Gasteiger partial charge in [0.15, 0.2) is 0 Å². The van der Waals surface area contributed by atoms with Crippen LogP contribution in [-0.4, -0.2) is 14.2 Å². The molecule has 0 unspecified atom stereocenters. The summed E-state index contributed by atoms with van der Waals surface area (Å²) in [5.74, 6) is 0.367. The van der Waals surface area contributed by atoms with Crippen molar-refractivity contribution in [2.45, 2.75) is 6.92 Å². The van der Waals surface area contributed by atoms with Crippen LogP contribution in [0.25, 0.3) is 0 Å². The zero-order valence-electron chi connectivity index (χ0n) is 9.26. The van der Waals surface area contributed by atoms with E-state index in [9.17, 15) is 4.57 Å². The molecule has 16 heavy (non-hydrogen) atoms. The fourth-order valence-electron chi connectivity index (χ4n) is 1.09. The van der Waals surface area contributed by atoms with Crippen LogP contribution in [0.1, 0.15) is 11.1 Å². The van der Waals surface area contributed by atoms with Crippen LogP contribution in [0.4, 0.5) is 0 Å². The average molecular weight is 241 g/mol. The van der Waals surface area contributed by atoms with E-state index in [1.165, 1.54) is 14.2 Å². The summed E-state index contributed by atoms with van der Waals surface area (Å²) in [7, 11) is -1.06. The van der Waals surface area contributed by atoms with Gasteiger partial charge in [0.05, 0.1) is 11.6 Å². The fraction of sp³-hybridized carbons (Fsp3) is 0.300. The third kappa shape index (κ3) is 2.83. The van der Waals surface area contributed by atoms with Gasteiger partial charge in [-0.15, -0.1) is 0 Å². The minimum Gasteiger partial charge on any atom is -0.404 e. The molecule has 5 nitrogen and oxygen atoms in total. The summed E-state index contributed by atoms with van der Waals surface area (Å²) in [6.45, 7) is 1.74. The lowest BCUT2D eigenvalue weighted by Crippen LogP contribution is -1.98. The number of aryl methyl sites for hydroxylation is 1. The van der Waals surface area contributed by atoms with Crippen molar-refractivity contribution in [3.8, 4) is 11.8 Å². The van der Waals surface area contributed by atoms with Gasteiger partial charge in [-0.2, -0.15) is 5.26 Å². The smallest absolute Gasteiger partial charge is 0.404 e. The van der Waals surface area contributed by atoms with Crippen molar-refractivity contribution in [2.24, 2.45) is 0 Å². The second-order valence-corrected chi connectivity index (χ2v) is 4.80. The standard InChI is InChI=1S/C10H12NO4P/c1-8-6-9(7-11)4-5-10(8)15-16(12,13-2)14-3/h4-6H,1-3H3. The van der Waals surface area contributed by atoms with Crippen molar-refractivity contribution in [2.75, 3.05) is 14.2 Å². The van der Waals surface area contributed by atoms with Crippen molar-refractivity contribution in [1.29, 1.82) is 5.26 Å². The molecule has 1 aromatic rings. The molecule has 0 saturated carbocycles. The second-order valence-electron chi connectivity index (χ2n) is 3.00. The van der Waals surface area contributed by atoms with Crippen molar-refractivity contribution in [3.63, 3.8) is 0 Å². The molecule has 0 aliphatic rings. The molecule has 0 aliphatic heterocycles. The molecule has 0 saturated heterocycles. The van der Waals surface area contributed by atoms with Gasteiger partial charge in [-0.3, -0.25) is 9.05 Å². The van der Waals surface area contributed by atoms with Crippen LogP contribution in [0.5, 0.6) is 5.75 Å². The lowest BCUT2D eigenvalue weighted by Gasteiger charge is -2.15. The Labute approximate surface area is 94.2 Å². The number of rotatable bonds is 4. The number of hydrogen-bond acceptors (Lipinski definition) is 5. The minimum absolute atomic E-state index is 0.367. The van der Waals surface area contributed by atoms with E-state index in [-0.39, 0.29) is 0 Å². The first-order chi connectivity index (χ1) is 7.54. The molecule has 0 fully saturated rings. The molecule has 86 valence electrons. The van der Waals surface area contributed by atoms with Crippen LogP contribution in [0, 0.1) is 18.3 Å². The molecular formula is C10H12NO4P. The van der Waals surface area contributed by atoms with E-state index in [1.54, 1.807) is 25.1 Å². The molecule has 0 aromatic heterocycles. The Kier molecular flexibility index (Phi) is 4.08. The Morgan fingerprint density at radius 1 is 1.31 bits per heavy atom. The van der Waals surface area contributed by atoms with Gasteiger partial charge in [0, 0.05) is 14.2 Å². The van der Waals surface area contributed by atoms with Crippen LogP contribution >= 0.6 is 7.82 Å². The summed E-state index contributed by atoms with van der Waals surface area (Å²) >= 11 is 0. The molecule has 0 atom stereocenters. The molecule has 0 N–H and O–H groups in total. The van der Waals surface area contributed by atoms with Crippen LogP contribution < -0.4 is 4.52 Å². The summed E-state index contributed by atoms with van der Waals surface area (Å²) < 4.78 is 26.1. The normalized spacial score (nSPS) is 10.9. The molecular weight excluding hydrogens is 229 g/mol. The van der Waals surface area contributed by atoms with Gasteiger partial charge in [-0.1, -0.05) is 0 Å². The number of phosphoric ester groups is 1.